The Balaban J connectivity index is 1.15. The van der Waals surface area contributed by atoms with Gasteiger partial charge in [-0.15, -0.1) is 11.3 Å². The lowest BCUT2D eigenvalue weighted by molar-refractivity contribution is -0.134. The Morgan fingerprint density at radius 1 is 0.941 bits per heavy atom. The van der Waals surface area contributed by atoms with Crippen LogP contribution in [-0.2, 0) is 11.2 Å². The summed E-state index contributed by atoms with van der Waals surface area (Å²) in [7, 11) is 0. The van der Waals surface area contributed by atoms with E-state index in [0.717, 1.165) is 37.7 Å². The third-order valence-electron chi connectivity index (χ3n) is 8.19. The highest BCUT2D eigenvalue weighted by atomic mass is 32.1. The standard InChI is InChI=1S/C30H31NO2S/c1-19(32)24-14-30(15-24)16-25(17-30)31-29(33)27-18-34-28(23-11-12-23)26(27)13-20-7-9-22(10-8-20)21-5-3-2-4-6-21/h2-10,18,23-25H,11-17H2,1H3,(H,31,33). The van der Waals surface area contributed by atoms with Crippen molar-refractivity contribution >= 4 is 23.0 Å². The van der Waals surface area contributed by atoms with E-state index < -0.39 is 0 Å². The molecule has 0 atom stereocenters. The predicted octanol–water partition coefficient (Wildman–Crippen LogP) is 6.76. The fourth-order valence-corrected chi connectivity index (χ4v) is 7.31. The third-order valence-corrected chi connectivity index (χ3v) is 9.38. The van der Waals surface area contributed by atoms with Crippen LogP contribution in [0.4, 0.5) is 0 Å². The van der Waals surface area contributed by atoms with Crippen LogP contribution in [-0.4, -0.2) is 17.7 Å². The summed E-state index contributed by atoms with van der Waals surface area (Å²) < 4.78 is 0. The second-order valence-corrected chi connectivity index (χ2v) is 11.7. The molecule has 34 heavy (non-hydrogen) atoms. The van der Waals surface area contributed by atoms with Crippen LogP contribution in [0.15, 0.2) is 60.0 Å². The summed E-state index contributed by atoms with van der Waals surface area (Å²) in [6.07, 6.45) is 7.37. The molecule has 0 saturated heterocycles. The molecule has 1 aromatic heterocycles. The lowest BCUT2D eigenvalue weighted by Gasteiger charge is -2.57. The minimum Gasteiger partial charge on any atom is -0.349 e. The molecule has 3 fully saturated rings. The first kappa shape index (κ1) is 21.8. The van der Waals surface area contributed by atoms with Gasteiger partial charge in [0.2, 0.25) is 0 Å². The number of nitrogens with one attached hydrogen (secondary N) is 1. The van der Waals surface area contributed by atoms with Crippen molar-refractivity contribution in [1.29, 1.82) is 0 Å². The second-order valence-electron chi connectivity index (χ2n) is 10.8. The number of thiophene rings is 1. The average molecular weight is 470 g/mol. The van der Waals surface area contributed by atoms with Crippen LogP contribution in [0.5, 0.6) is 0 Å². The number of Topliss-reactive ketones (excluding diaryl/α,β-unsaturated/α-hetero) is 1. The van der Waals surface area contributed by atoms with Crippen LogP contribution in [0.1, 0.15) is 77.7 Å². The maximum absolute atomic E-state index is 13.3. The lowest BCUT2D eigenvalue weighted by atomic mass is 9.49. The topological polar surface area (TPSA) is 46.2 Å². The highest BCUT2D eigenvalue weighted by Crippen LogP contribution is 2.59. The van der Waals surface area contributed by atoms with Crippen molar-refractivity contribution in [3.05, 3.63) is 81.5 Å². The Morgan fingerprint density at radius 3 is 2.26 bits per heavy atom. The number of hydrogen-bond acceptors (Lipinski definition) is 3. The zero-order valence-electron chi connectivity index (χ0n) is 19.7. The molecule has 174 valence electrons. The van der Waals surface area contributed by atoms with Crippen LogP contribution in [0.3, 0.4) is 0 Å². The van der Waals surface area contributed by atoms with Gasteiger partial charge in [-0.2, -0.15) is 0 Å². The summed E-state index contributed by atoms with van der Waals surface area (Å²) in [5.41, 5.74) is 6.12. The summed E-state index contributed by atoms with van der Waals surface area (Å²) in [5, 5.41) is 5.40. The summed E-state index contributed by atoms with van der Waals surface area (Å²) in [5.74, 6) is 1.30. The molecule has 4 heteroatoms. The van der Waals surface area contributed by atoms with Crippen molar-refractivity contribution in [2.45, 2.75) is 63.8 Å². The van der Waals surface area contributed by atoms with E-state index in [1.54, 1.807) is 18.3 Å². The molecule has 3 aliphatic carbocycles. The molecule has 1 heterocycles. The van der Waals surface area contributed by atoms with E-state index in [9.17, 15) is 9.59 Å². The SMILES string of the molecule is CC(=O)C1CC2(CC(NC(=O)c3csc(C4CC4)c3Cc3ccc(-c4ccccc4)cc3)C2)C1. The molecular weight excluding hydrogens is 438 g/mol. The Hall–Kier alpha value is -2.72. The quantitative estimate of drug-likeness (QED) is 0.415. The maximum atomic E-state index is 13.3. The number of carbonyl (C=O) groups is 2. The van der Waals surface area contributed by atoms with E-state index in [-0.39, 0.29) is 17.9 Å². The van der Waals surface area contributed by atoms with Crippen molar-refractivity contribution in [1.82, 2.24) is 5.32 Å². The van der Waals surface area contributed by atoms with Crippen molar-refractivity contribution in [2.24, 2.45) is 11.3 Å². The van der Waals surface area contributed by atoms with Gasteiger partial charge in [0.15, 0.2) is 0 Å². The van der Waals surface area contributed by atoms with Gasteiger partial charge in [0.1, 0.15) is 5.78 Å². The third kappa shape index (κ3) is 4.13. The number of benzene rings is 2. The molecule has 1 amide bonds. The van der Waals surface area contributed by atoms with Gasteiger partial charge in [0.05, 0.1) is 5.56 Å². The minimum atomic E-state index is 0.0846. The zero-order chi connectivity index (χ0) is 23.3. The molecule has 2 aromatic carbocycles. The zero-order valence-corrected chi connectivity index (χ0v) is 20.5. The second kappa shape index (κ2) is 8.49. The normalized spacial score (nSPS) is 25.4. The number of ketones is 1. The first-order valence-electron chi connectivity index (χ1n) is 12.6. The molecule has 3 aliphatic rings. The largest absolute Gasteiger partial charge is 0.349 e. The van der Waals surface area contributed by atoms with Gasteiger partial charge >= 0.3 is 0 Å². The van der Waals surface area contributed by atoms with Crippen molar-refractivity contribution in [3.63, 3.8) is 0 Å². The summed E-state index contributed by atoms with van der Waals surface area (Å²) >= 11 is 1.77. The maximum Gasteiger partial charge on any atom is 0.252 e. The van der Waals surface area contributed by atoms with Crippen molar-refractivity contribution in [2.75, 3.05) is 0 Å². The van der Waals surface area contributed by atoms with Gasteiger partial charge in [-0.25, -0.2) is 0 Å². The monoisotopic (exact) mass is 469 g/mol. The van der Waals surface area contributed by atoms with Gasteiger partial charge < -0.3 is 5.32 Å². The lowest BCUT2D eigenvalue weighted by Crippen LogP contribution is -2.57. The fourth-order valence-electron chi connectivity index (χ4n) is 6.07. The van der Waals surface area contributed by atoms with Crippen LogP contribution in [0.2, 0.25) is 0 Å². The minimum absolute atomic E-state index is 0.0846. The van der Waals surface area contributed by atoms with E-state index in [4.69, 9.17) is 0 Å². The Labute approximate surface area is 205 Å². The Bertz CT molecular complexity index is 1210. The molecule has 3 nitrogen and oxygen atoms in total. The van der Waals surface area contributed by atoms with E-state index >= 15 is 0 Å². The first-order valence-corrected chi connectivity index (χ1v) is 13.4. The molecule has 0 bridgehead atoms. The molecule has 0 unspecified atom stereocenters. The Morgan fingerprint density at radius 2 is 1.62 bits per heavy atom. The van der Waals surface area contributed by atoms with Crippen LogP contribution in [0, 0.1) is 11.3 Å². The number of rotatable bonds is 7. The summed E-state index contributed by atoms with van der Waals surface area (Å²) in [4.78, 5) is 26.3. The van der Waals surface area contributed by atoms with Crippen LogP contribution in [0.25, 0.3) is 11.1 Å². The molecule has 6 rings (SSSR count). The average Bonchev–Trinajstić information content (AvgIpc) is 3.55. The summed E-state index contributed by atoms with van der Waals surface area (Å²) in [6, 6.07) is 19.5. The molecule has 0 radical (unpaired) electrons. The Kier molecular flexibility index (Phi) is 5.44. The smallest absolute Gasteiger partial charge is 0.252 e. The number of amides is 1. The molecule has 0 aliphatic heterocycles. The van der Waals surface area contributed by atoms with Gasteiger partial charge in [0.25, 0.3) is 5.91 Å². The molecular formula is C30H31NO2S. The van der Waals surface area contributed by atoms with Gasteiger partial charge in [-0.1, -0.05) is 54.6 Å². The summed E-state index contributed by atoms with van der Waals surface area (Å²) in [6.45, 7) is 1.71. The van der Waals surface area contributed by atoms with Crippen molar-refractivity contribution < 1.29 is 9.59 Å². The van der Waals surface area contributed by atoms with Crippen molar-refractivity contribution in [3.8, 4) is 11.1 Å². The van der Waals surface area contributed by atoms with E-state index in [2.05, 4.69) is 59.2 Å². The van der Waals surface area contributed by atoms with E-state index in [1.165, 1.54) is 40.0 Å². The van der Waals surface area contributed by atoms with Gasteiger partial charge in [-0.3, -0.25) is 9.59 Å². The highest BCUT2D eigenvalue weighted by molar-refractivity contribution is 7.10. The fraction of sp³-hybridized carbons (Fsp3) is 0.400. The first-order chi connectivity index (χ1) is 16.5. The van der Waals surface area contributed by atoms with Gasteiger partial charge in [-0.05, 0) is 85.5 Å². The molecule has 3 saturated carbocycles. The van der Waals surface area contributed by atoms with E-state index in [1.807, 2.05) is 6.07 Å². The number of hydrogen-bond donors (Lipinski definition) is 1. The number of carbonyl (C=O) groups excluding carboxylic acids is 2. The van der Waals surface area contributed by atoms with Crippen LogP contribution < -0.4 is 5.32 Å². The predicted molar refractivity (Wildman–Crippen MR) is 137 cm³/mol. The van der Waals surface area contributed by atoms with Gasteiger partial charge in [0, 0.05) is 22.2 Å². The molecule has 1 spiro atoms. The highest BCUT2D eigenvalue weighted by Gasteiger charge is 2.54. The van der Waals surface area contributed by atoms with E-state index in [0.29, 0.717) is 17.1 Å². The molecule has 1 N–H and O–H groups in total. The molecule has 3 aromatic rings. The van der Waals surface area contributed by atoms with Crippen LogP contribution >= 0.6 is 11.3 Å².